The molecule has 1 aromatic rings. The molecule has 0 spiro atoms. The Labute approximate surface area is 159 Å². The zero-order chi connectivity index (χ0) is 19.5. The van der Waals surface area contributed by atoms with Crippen LogP contribution in [-0.4, -0.2) is 48.5 Å². The van der Waals surface area contributed by atoms with E-state index >= 15 is 0 Å². The molecular weight excluding hydrogens is 352 g/mol. The van der Waals surface area contributed by atoms with Crippen molar-refractivity contribution in [1.29, 1.82) is 0 Å². The molecule has 0 saturated carbocycles. The molecular formula is C19H28N2O4S. The smallest absolute Gasteiger partial charge is 0.329 e. The van der Waals surface area contributed by atoms with Crippen molar-refractivity contribution in [2.75, 3.05) is 18.6 Å². The lowest BCUT2D eigenvalue weighted by molar-refractivity contribution is -0.150. The van der Waals surface area contributed by atoms with Gasteiger partial charge in [-0.15, -0.1) is 0 Å². The van der Waals surface area contributed by atoms with Crippen LogP contribution in [0.2, 0.25) is 0 Å². The van der Waals surface area contributed by atoms with E-state index in [0.717, 1.165) is 12.0 Å². The third-order valence-corrected chi connectivity index (χ3v) is 4.49. The number of rotatable bonds is 10. The number of hydrogen-bond donors (Lipinski definition) is 2. The summed E-state index contributed by atoms with van der Waals surface area (Å²) >= 11 is 1.57. The first-order chi connectivity index (χ1) is 12.4. The molecule has 0 saturated heterocycles. The van der Waals surface area contributed by atoms with Crippen LogP contribution in [0.1, 0.15) is 42.6 Å². The van der Waals surface area contributed by atoms with Gasteiger partial charge in [0.2, 0.25) is 0 Å². The van der Waals surface area contributed by atoms with Crippen molar-refractivity contribution in [2.45, 2.75) is 45.7 Å². The summed E-state index contributed by atoms with van der Waals surface area (Å²) in [4.78, 5) is 36.5. The molecule has 0 aromatic heterocycles. The summed E-state index contributed by atoms with van der Waals surface area (Å²) in [6, 6.07) is 6.37. The van der Waals surface area contributed by atoms with Crippen LogP contribution in [0.4, 0.5) is 0 Å². The van der Waals surface area contributed by atoms with Crippen molar-refractivity contribution in [3.8, 4) is 0 Å². The van der Waals surface area contributed by atoms with E-state index in [1.165, 1.54) is 0 Å². The van der Waals surface area contributed by atoms with E-state index in [-0.39, 0.29) is 24.5 Å². The normalized spacial score (nSPS) is 12.8. The van der Waals surface area contributed by atoms with Gasteiger partial charge >= 0.3 is 5.97 Å². The van der Waals surface area contributed by atoms with Crippen molar-refractivity contribution in [3.05, 3.63) is 35.4 Å². The first-order valence-electron chi connectivity index (χ1n) is 8.69. The van der Waals surface area contributed by atoms with Gasteiger partial charge in [-0.05, 0) is 50.8 Å². The fraction of sp³-hybridized carbons (Fsp3) is 0.526. The van der Waals surface area contributed by atoms with E-state index < -0.39 is 12.0 Å². The summed E-state index contributed by atoms with van der Waals surface area (Å²) in [6.45, 7) is 5.38. The average molecular weight is 381 g/mol. The summed E-state index contributed by atoms with van der Waals surface area (Å²) in [5.74, 6) is -0.589. The molecule has 2 amide bonds. The van der Waals surface area contributed by atoms with E-state index in [4.69, 9.17) is 4.74 Å². The van der Waals surface area contributed by atoms with Crippen LogP contribution in [0.15, 0.2) is 24.3 Å². The molecule has 0 fully saturated rings. The van der Waals surface area contributed by atoms with Gasteiger partial charge in [0, 0.05) is 11.6 Å². The van der Waals surface area contributed by atoms with Crippen LogP contribution >= 0.6 is 11.8 Å². The quantitative estimate of drug-likeness (QED) is 0.609. The van der Waals surface area contributed by atoms with Gasteiger partial charge in [0.1, 0.15) is 6.04 Å². The molecule has 6 nitrogen and oxygen atoms in total. The van der Waals surface area contributed by atoms with Gasteiger partial charge in [-0.1, -0.05) is 24.6 Å². The lowest BCUT2D eigenvalue weighted by Gasteiger charge is -2.18. The van der Waals surface area contributed by atoms with E-state index in [1.54, 1.807) is 30.0 Å². The monoisotopic (exact) mass is 380 g/mol. The molecule has 144 valence electrons. The summed E-state index contributed by atoms with van der Waals surface area (Å²) in [5, 5.41) is 5.44. The highest BCUT2D eigenvalue weighted by Crippen LogP contribution is 2.07. The SMILES string of the molecule is CCC(C)NC(=O)COC(=O)C(CCSC)NC(=O)c1cccc(C)c1. The number of nitrogens with one attached hydrogen (secondary N) is 2. The zero-order valence-corrected chi connectivity index (χ0v) is 16.7. The molecule has 7 heteroatoms. The summed E-state index contributed by atoms with van der Waals surface area (Å²) < 4.78 is 5.09. The standard InChI is InChI=1S/C19H28N2O4S/c1-5-14(3)20-17(22)12-25-19(24)16(9-10-26-4)21-18(23)15-8-6-7-13(2)11-15/h6-8,11,14,16H,5,9-10,12H2,1-4H3,(H,20,22)(H,21,23). The second kappa shape index (κ2) is 11.6. The van der Waals surface area contributed by atoms with Gasteiger partial charge in [0.25, 0.3) is 11.8 Å². The molecule has 0 bridgehead atoms. The Morgan fingerprint density at radius 3 is 2.58 bits per heavy atom. The number of carbonyl (C=O) groups is 3. The third-order valence-electron chi connectivity index (χ3n) is 3.85. The van der Waals surface area contributed by atoms with Gasteiger partial charge in [0.15, 0.2) is 6.61 Å². The molecule has 2 atom stereocenters. The number of amides is 2. The predicted octanol–water partition coefficient (Wildman–Crippen LogP) is 2.30. The summed E-state index contributed by atoms with van der Waals surface area (Å²) in [5.41, 5.74) is 1.45. The topological polar surface area (TPSA) is 84.5 Å². The fourth-order valence-electron chi connectivity index (χ4n) is 2.17. The number of aryl methyl sites for hydroxylation is 1. The first kappa shape index (κ1) is 22.0. The minimum Gasteiger partial charge on any atom is -0.454 e. The lowest BCUT2D eigenvalue weighted by Crippen LogP contribution is -2.44. The Bertz CT molecular complexity index is 621. The second-order valence-corrected chi connectivity index (χ2v) is 7.15. The predicted molar refractivity (Wildman–Crippen MR) is 104 cm³/mol. The largest absolute Gasteiger partial charge is 0.454 e. The van der Waals surface area contributed by atoms with Crippen LogP contribution in [0.3, 0.4) is 0 Å². The van der Waals surface area contributed by atoms with E-state index in [0.29, 0.717) is 17.7 Å². The number of benzene rings is 1. The molecule has 0 aliphatic rings. The maximum atomic E-state index is 12.4. The van der Waals surface area contributed by atoms with Crippen molar-refractivity contribution >= 4 is 29.5 Å². The highest BCUT2D eigenvalue weighted by molar-refractivity contribution is 7.98. The Kier molecular flexibility index (Phi) is 9.80. The fourth-order valence-corrected chi connectivity index (χ4v) is 2.64. The van der Waals surface area contributed by atoms with Crippen LogP contribution in [0.5, 0.6) is 0 Å². The lowest BCUT2D eigenvalue weighted by atomic mass is 10.1. The van der Waals surface area contributed by atoms with Gasteiger partial charge in [-0.25, -0.2) is 4.79 Å². The Morgan fingerprint density at radius 1 is 1.23 bits per heavy atom. The van der Waals surface area contributed by atoms with Crippen LogP contribution in [-0.2, 0) is 14.3 Å². The highest BCUT2D eigenvalue weighted by Gasteiger charge is 2.23. The Balaban J connectivity index is 2.65. The number of hydrogen-bond acceptors (Lipinski definition) is 5. The number of esters is 1. The van der Waals surface area contributed by atoms with Gasteiger partial charge in [-0.2, -0.15) is 11.8 Å². The number of ether oxygens (including phenoxy) is 1. The van der Waals surface area contributed by atoms with E-state index in [9.17, 15) is 14.4 Å². The van der Waals surface area contributed by atoms with Gasteiger partial charge in [-0.3, -0.25) is 9.59 Å². The molecule has 2 unspecified atom stereocenters. The highest BCUT2D eigenvalue weighted by atomic mass is 32.2. The maximum Gasteiger partial charge on any atom is 0.329 e. The third kappa shape index (κ3) is 7.91. The van der Waals surface area contributed by atoms with Gasteiger partial charge < -0.3 is 15.4 Å². The summed E-state index contributed by atoms with van der Waals surface area (Å²) in [7, 11) is 0. The second-order valence-electron chi connectivity index (χ2n) is 6.16. The van der Waals surface area contributed by atoms with Crippen LogP contribution in [0.25, 0.3) is 0 Å². The van der Waals surface area contributed by atoms with Crippen molar-refractivity contribution in [3.63, 3.8) is 0 Å². The molecule has 0 aliphatic heterocycles. The minimum absolute atomic E-state index is 0.0227. The van der Waals surface area contributed by atoms with Crippen molar-refractivity contribution in [1.82, 2.24) is 10.6 Å². The number of thioether (sulfide) groups is 1. The Morgan fingerprint density at radius 2 is 1.96 bits per heavy atom. The van der Waals surface area contributed by atoms with Crippen molar-refractivity contribution in [2.24, 2.45) is 0 Å². The maximum absolute atomic E-state index is 12.4. The summed E-state index contributed by atoms with van der Waals surface area (Å²) in [6.07, 6.45) is 3.15. The molecule has 2 N–H and O–H groups in total. The molecule has 0 heterocycles. The number of carbonyl (C=O) groups excluding carboxylic acids is 3. The molecule has 0 radical (unpaired) electrons. The van der Waals surface area contributed by atoms with E-state index in [1.807, 2.05) is 33.1 Å². The molecule has 1 aromatic carbocycles. The molecule has 1 rings (SSSR count). The van der Waals surface area contributed by atoms with Crippen molar-refractivity contribution < 1.29 is 19.1 Å². The Hall–Kier alpha value is -2.02. The minimum atomic E-state index is -0.785. The zero-order valence-electron chi connectivity index (χ0n) is 15.8. The molecule has 0 aliphatic carbocycles. The van der Waals surface area contributed by atoms with Crippen LogP contribution < -0.4 is 10.6 Å². The van der Waals surface area contributed by atoms with Crippen LogP contribution in [0, 0.1) is 6.92 Å². The van der Waals surface area contributed by atoms with Gasteiger partial charge in [0.05, 0.1) is 0 Å². The molecule has 26 heavy (non-hydrogen) atoms. The first-order valence-corrected chi connectivity index (χ1v) is 10.1. The van der Waals surface area contributed by atoms with E-state index in [2.05, 4.69) is 10.6 Å². The average Bonchev–Trinajstić information content (AvgIpc) is 2.62.